The third-order valence-electron chi connectivity index (χ3n) is 2.50. The van der Waals surface area contributed by atoms with Crippen LogP contribution in [0.4, 0.5) is 0 Å². The molecule has 90 valence electrons. The number of hydrogen-bond acceptors (Lipinski definition) is 2. The van der Waals surface area contributed by atoms with Gasteiger partial charge in [-0.2, -0.15) is 0 Å². The van der Waals surface area contributed by atoms with Gasteiger partial charge in [-0.15, -0.1) is 11.6 Å². The summed E-state index contributed by atoms with van der Waals surface area (Å²) in [6, 6.07) is 8.10. The number of rotatable bonds is 8. The zero-order chi connectivity index (χ0) is 11.6. The van der Waals surface area contributed by atoms with Crippen LogP contribution in [0.3, 0.4) is 0 Å². The highest BCUT2D eigenvalue weighted by molar-refractivity contribution is 6.17. The van der Waals surface area contributed by atoms with Crippen molar-refractivity contribution in [2.45, 2.75) is 25.8 Å². The second kappa shape index (κ2) is 8.43. The van der Waals surface area contributed by atoms with Crippen LogP contribution in [0.25, 0.3) is 0 Å². The summed E-state index contributed by atoms with van der Waals surface area (Å²) in [7, 11) is 1.71. The molecule has 1 N–H and O–H groups in total. The maximum Gasteiger partial charge on any atom is 0.123 e. The number of benzene rings is 1. The second-order valence-corrected chi connectivity index (χ2v) is 4.12. The van der Waals surface area contributed by atoms with Crippen LogP contribution in [0.1, 0.15) is 24.8 Å². The Hall–Kier alpha value is -0.730. The Labute approximate surface area is 103 Å². The molecular formula is C13H20ClNO. The van der Waals surface area contributed by atoms with E-state index in [9.17, 15) is 0 Å². The average molecular weight is 242 g/mol. The summed E-state index contributed by atoms with van der Waals surface area (Å²) < 4.78 is 5.28. The number of para-hydroxylation sites is 1. The topological polar surface area (TPSA) is 21.3 Å². The van der Waals surface area contributed by atoms with E-state index in [0.29, 0.717) is 0 Å². The van der Waals surface area contributed by atoms with Gasteiger partial charge in [-0.1, -0.05) is 24.6 Å². The maximum atomic E-state index is 5.61. The van der Waals surface area contributed by atoms with Crippen molar-refractivity contribution in [2.75, 3.05) is 19.5 Å². The molecule has 0 saturated carbocycles. The molecule has 0 aliphatic rings. The normalized spacial score (nSPS) is 10.4. The van der Waals surface area contributed by atoms with Gasteiger partial charge in [0, 0.05) is 18.0 Å². The number of methoxy groups -OCH3 is 1. The molecule has 0 bridgehead atoms. The van der Waals surface area contributed by atoms with Crippen LogP contribution < -0.4 is 10.1 Å². The summed E-state index contributed by atoms with van der Waals surface area (Å²) in [5, 5.41) is 3.41. The SMILES string of the molecule is COc1ccccc1CNCCCCCCl. The highest BCUT2D eigenvalue weighted by atomic mass is 35.5. The predicted octanol–water partition coefficient (Wildman–Crippen LogP) is 3.19. The van der Waals surface area contributed by atoms with E-state index in [1.807, 2.05) is 18.2 Å². The van der Waals surface area contributed by atoms with E-state index in [1.165, 1.54) is 18.4 Å². The fourth-order valence-corrected chi connectivity index (χ4v) is 1.78. The zero-order valence-corrected chi connectivity index (χ0v) is 10.6. The van der Waals surface area contributed by atoms with Crippen LogP contribution in [0, 0.1) is 0 Å². The first-order valence-corrected chi connectivity index (χ1v) is 6.30. The van der Waals surface area contributed by atoms with E-state index in [2.05, 4.69) is 11.4 Å². The molecular weight excluding hydrogens is 222 g/mol. The highest BCUT2D eigenvalue weighted by Crippen LogP contribution is 2.16. The number of alkyl halides is 1. The molecule has 0 heterocycles. The number of hydrogen-bond donors (Lipinski definition) is 1. The molecule has 2 nitrogen and oxygen atoms in total. The van der Waals surface area contributed by atoms with Crippen molar-refractivity contribution in [3.63, 3.8) is 0 Å². The lowest BCUT2D eigenvalue weighted by atomic mass is 10.2. The molecule has 1 rings (SSSR count). The first-order chi connectivity index (χ1) is 7.88. The average Bonchev–Trinajstić information content (AvgIpc) is 2.34. The Morgan fingerprint density at radius 3 is 2.75 bits per heavy atom. The Bertz CT molecular complexity index is 291. The fraction of sp³-hybridized carbons (Fsp3) is 0.538. The largest absolute Gasteiger partial charge is 0.496 e. The molecule has 0 atom stereocenters. The van der Waals surface area contributed by atoms with Crippen LogP contribution in [-0.4, -0.2) is 19.5 Å². The van der Waals surface area contributed by atoms with E-state index >= 15 is 0 Å². The predicted molar refractivity (Wildman–Crippen MR) is 69.3 cm³/mol. The summed E-state index contributed by atoms with van der Waals surface area (Å²) in [6.45, 7) is 1.90. The number of unbranched alkanes of at least 4 members (excludes halogenated alkanes) is 2. The van der Waals surface area contributed by atoms with Gasteiger partial charge in [0.05, 0.1) is 7.11 Å². The first-order valence-electron chi connectivity index (χ1n) is 5.77. The Morgan fingerprint density at radius 2 is 2.00 bits per heavy atom. The number of nitrogens with one attached hydrogen (secondary N) is 1. The van der Waals surface area contributed by atoms with Gasteiger partial charge < -0.3 is 10.1 Å². The minimum Gasteiger partial charge on any atom is -0.496 e. The van der Waals surface area contributed by atoms with Gasteiger partial charge in [-0.25, -0.2) is 0 Å². The maximum absolute atomic E-state index is 5.61. The summed E-state index contributed by atoms with van der Waals surface area (Å²) in [5.41, 5.74) is 1.21. The molecule has 0 aliphatic carbocycles. The van der Waals surface area contributed by atoms with Gasteiger partial charge in [0.15, 0.2) is 0 Å². The summed E-state index contributed by atoms with van der Waals surface area (Å²) in [4.78, 5) is 0. The van der Waals surface area contributed by atoms with Gasteiger partial charge in [-0.05, 0) is 25.5 Å². The van der Waals surface area contributed by atoms with E-state index in [4.69, 9.17) is 16.3 Å². The van der Waals surface area contributed by atoms with Gasteiger partial charge in [-0.3, -0.25) is 0 Å². The Morgan fingerprint density at radius 1 is 1.19 bits per heavy atom. The molecule has 0 amide bonds. The summed E-state index contributed by atoms with van der Waals surface area (Å²) in [6.07, 6.45) is 3.49. The van der Waals surface area contributed by atoms with Crippen LogP contribution in [0.2, 0.25) is 0 Å². The van der Waals surface area contributed by atoms with Crippen molar-refractivity contribution < 1.29 is 4.74 Å². The summed E-state index contributed by atoms with van der Waals surface area (Å²) >= 11 is 5.61. The van der Waals surface area contributed by atoms with Crippen LogP contribution in [0.15, 0.2) is 24.3 Å². The van der Waals surface area contributed by atoms with Crippen LogP contribution in [-0.2, 0) is 6.54 Å². The molecule has 0 fully saturated rings. The van der Waals surface area contributed by atoms with Crippen molar-refractivity contribution >= 4 is 11.6 Å². The van der Waals surface area contributed by atoms with Crippen molar-refractivity contribution in [3.05, 3.63) is 29.8 Å². The summed E-state index contributed by atoms with van der Waals surface area (Å²) in [5.74, 6) is 1.72. The Kier molecular flexibility index (Phi) is 7.02. The number of halogens is 1. The molecule has 0 saturated heterocycles. The minimum absolute atomic E-state index is 0.770. The van der Waals surface area contributed by atoms with Gasteiger partial charge in [0.1, 0.15) is 5.75 Å². The van der Waals surface area contributed by atoms with Crippen LogP contribution >= 0.6 is 11.6 Å². The molecule has 0 radical (unpaired) electrons. The van der Waals surface area contributed by atoms with Crippen molar-refractivity contribution in [2.24, 2.45) is 0 Å². The zero-order valence-electron chi connectivity index (χ0n) is 9.84. The first kappa shape index (κ1) is 13.3. The molecule has 0 spiro atoms. The van der Waals surface area contributed by atoms with E-state index < -0.39 is 0 Å². The molecule has 1 aromatic rings. The van der Waals surface area contributed by atoms with E-state index in [-0.39, 0.29) is 0 Å². The minimum atomic E-state index is 0.770. The van der Waals surface area contributed by atoms with E-state index in [1.54, 1.807) is 7.11 Å². The number of ether oxygens (including phenoxy) is 1. The van der Waals surface area contributed by atoms with Crippen molar-refractivity contribution in [1.29, 1.82) is 0 Å². The third kappa shape index (κ3) is 4.86. The third-order valence-corrected chi connectivity index (χ3v) is 2.76. The lowest BCUT2D eigenvalue weighted by Crippen LogP contribution is -2.15. The molecule has 0 unspecified atom stereocenters. The van der Waals surface area contributed by atoms with Crippen molar-refractivity contribution in [3.8, 4) is 5.75 Å². The molecule has 3 heteroatoms. The smallest absolute Gasteiger partial charge is 0.123 e. The quantitative estimate of drug-likeness (QED) is 0.558. The monoisotopic (exact) mass is 241 g/mol. The highest BCUT2D eigenvalue weighted by Gasteiger charge is 1.99. The standard InChI is InChI=1S/C13H20ClNO/c1-16-13-8-4-3-7-12(13)11-15-10-6-2-5-9-14/h3-4,7-8,15H,2,5-6,9-11H2,1H3. The van der Waals surface area contributed by atoms with Crippen LogP contribution in [0.5, 0.6) is 5.75 Å². The lowest BCUT2D eigenvalue weighted by Gasteiger charge is -2.09. The Balaban J connectivity index is 2.21. The molecule has 0 aromatic heterocycles. The van der Waals surface area contributed by atoms with Crippen molar-refractivity contribution in [1.82, 2.24) is 5.32 Å². The van der Waals surface area contributed by atoms with Gasteiger partial charge in [0.2, 0.25) is 0 Å². The fourth-order valence-electron chi connectivity index (χ4n) is 1.59. The van der Waals surface area contributed by atoms with Gasteiger partial charge >= 0.3 is 0 Å². The van der Waals surface area contributed by atoms with E-state index in [0.717, 1.165) is 31.1 Å². The lowest BCUT2D eigenvalue weighted by molar-refractivity contribution is 0.407. The second-order valence-electron chi connectivity index (χ2n) is 3.74. The molecule has 1 aromatic carbocycles. The molecule has 0 aliphatic heterocycles. The molecule has 16 heavy (non-hydrogen) atoms. The van der Waals surface area contributed by atoms with Gasteiger partial charge in [0.25, 0.3) is 0 Å².